The maximum absolute atomic E-state index is 12.2. The van der Waals surface area contributed by atoms with Crippen molar-refractivity contribution in [2.75, 3.05) is 18.8 Å². The van der Waals surface area contributed by atoms with E-state index < -0.39 is 10.0 Å². The zero-order valence-electron chi connectivity index (χ0n) is 10.3. The van der Waals surface area contributed by atoms with Gasteiger partial charge in [-0.3, -0.25) is 0 Å². The monoisotopic (exact) mass is 287 g/mol. The van der Waals surface area contributed by atoms with Gasteiger partial charge in [0, 0.05) is 18.5 Å². The Labute approximate surface area is 114 Å². The molecule has 0 saturated carbocycles. The van der Waals surface area contributed by atoms with E-state index in [1.165, 1.54) is 4.31 Å². The first-order valence-electron chi connectivity index (χ1n) is 6.24. The van der Waals surface area contributed by atoms with E-state index in [9.17, 15) is 8.42 Å². The van der Waals surface area contributed by atoms with Crippen LogP contribution in [0.4, 0.5) is 0 Å². The van der Waals surface area contributed by atoms with Crippen LogP contribution in [0, 0.1) is 0 Å². The Morgan fingerprint density at radius 1 is 1.28 bits per heavy atom. The summed E-state index contributed by atoms with van der Waals surface area (Å²) in [5, 5.41) is -0.0368. The van der Waals surface area contributed by atoms with Gasteiger partial charge in [-0.2, -0.15) is 0 Å². The lowest BCUT2D eigenvalue weighted by atomic mass is 10.2. The predicted octanol–water partition coefficient (Wildman–Crippen LogP) is 2.26. The van der Waals surface area contributed by atoms with E-state index in [2.05, 4.69) is 0 Å². The molecule has 1 heterocycles. The zero-order valence-corrected chi connectivity index (χ0v) is 11.8. The van der Waals surface area contributed by atoms with E-state index in [4.69, 9.17) is 11.6 Å². The highest BCUT2D eigenvalue weighted by Crippen LogP contribution is 2.18. The lowest BCUT2D eigenvalue weighted by Gasteiger charge is -2.28. The smallest absolute Gasteiger partial charge is 0.212 e. The van der Waals surface area contributed by atoms with Crippen molar-refractivity contribution in [3.05, 3.63) is 35.9 Å². The Balaban J connectivity index is 1.95. The van der Waals surface area contributed by atoms with Gasteiger partial charge in [-0.15, -0.1) is 11.6 Å². The van der Waals surface area contributed by atoms with E-state index in [-0.39, 0.29) is 11.1 Å². The number of piperidine rings is 1. The zero-order chi connectivity index (χ0) is 13.0. The molecule has 1 aromatic carbocycles. The fourth-order valence-electron chi connectivity index (χ4n) is 2.17. The second kappa shape index (κ2) is 6.04. The van der Waals surface area contributed by atoms with Gasteiger partial charge in [0.2, 0.25) is 10.0 Å². The lowest BCUT2D eigenvalue weighted by molar-refractivity contribution is 0.350. The van der Waals surface area contributed by atoms with Crippen LogP contribution in [0.3, 0.4) is 0 Å². The number of aryl methyl sites for hydroxylation is 1. The second-order valence-corrected chi connectivity index (χ2v) is 7.35. The van der Waals surface area contributed by atoms with Crippen LogP contribution in [0.2, 0.25) is 0 Å². The van der Waals surface area contributed by atoms with Crippen molar-refractivity contribution in [2.45, 2.75) is 24.6 Å². The molecule has 1 unspecified atom stereocenters. The van der Waals surface area contributed by atoms with Crippen molar-refractivity contribution in [1.29, 1.82) is 0 Å². The summed E-state index contributed by atoms with van der Waals surface area (Å²) in [5.74, 6) is 0.167. The van der Waals surface area contributed by atoms with E-state index in [0.29, 0.717) is 19.5 Å². The minimum atomic E-state index is -3.17. The third-order valence-electron chi connectivity index (χ3n) is 3.21. The Morgan fingerprint density at radius 2 is 2.00 bits per heavy atom. The largest absolute Gasteiger partial charge is 0.214 e. The van der Waals surface area contributed by atoms with Crippen molar-refractivity contribution in [2.24, 2.45) is 0 Å². The minimum absolute atomic E-state index is 0.0368. The van der Waals surface area contributed by atoms with E-state index in [1.807, 2.05) is 30.3 Å². The summed E-state index contributed by atoms with van der Waals surface area (Å²) in [6.45, 7) is 1.07. The minimum Gasteiger partial charge on any atom is -0.212 e. The average molecular weight is 288 g/mol. The summed E-state index contributed by atoms with van der Waals surface area (Å²) in [5.41, 5.74) is 1.06. The van der Waals surface area contributed by atoms with E-state index in [1.54, 1.807) is 0 Å². The SMILES string of the molecule is O=S(=O)(CCc1ccccc1)N1CCCC(Cl)C1. The molecule has 1 aromatic rings. The number of rotatable bonds is 4. The maximum Gasteiger partial charge on any atom is 0.214 e. The van der Waals surface area contributed by atoms with Crippen molar-refractivity contribution in [3.63, 3.8) is 0 Å². The quantitative estimate of drug-likeness (QED) is 0.797. The van der Waals surface area contributed by atoms with Gasteiger partial charge in [0.05, 0.1) is 5.75 Å². The first-order valence-corrected chi connectivity index (χ1v) is 8.28. The van der Waals surface area contributed by atoms with Crippen LogP contribution in [-0.4, -0.2) is 36.9 Å². The molecule has 1 saturated heterocycles. The Hall–Kier alpha value is -0.580. The number of benzene rings is 1. The Morgan fingerprint density at radius 3 is 2.67 bits per heavy atom. The molecule has 1 aliphatic heterocycles. The third-order valence-corrected chi connectivity index (χ3v) is 5.41. The Bertz CT molecular complexity index is 475. The normalized spacial score (nSPS) is 21.9. The molecule has 0 aliphatic carbocycles. The predicted molar refractivity (Wildman–Crippen MR) is 74.4 cm³/mol. The number of sulfonamides is 1. The van der Waals surface area contributed by atoms with Crippen LogP contribution in [0.1, 0.15) is 18.4 Å². The third kappa shape index (κ3) is 3.70. The molecule has 0 spiro atoms. The van der Waals surface area contributed by atoms with Crippen LogP contribution < -0.4 is 0 Å². The molecule has 18 heavy (non-hydrogen) atoms. The molecule has 100 valence electrons. The summed E-state index contributed by atoms with van der Waals surface area (Å²) >= 11 is 6.03. The fourth-order valence-corrected chi connectivity index (χ4v) is 4.13. The summed E-state index contributed by atoms with van der Waals surface area (Å²) in [4.78, 5) is 0. The number of halogens is 1. The molecule has 1 fully saturated rings. The molecule has 1 aliphatic rings. The van der Waals surface area contributed by atoms with Gasteiger partial charge in [0.1, 0.15) is 0 Å². The molecular weight excluding hydrogens is 270 g/mol. The van der Waals surface area contributed by atoms with Gasteiger partial charge in [-0.25, -0.2) is 12.7 Å². The summed E-state index contributed by atoms with van der Waals surface area (Å²) in [6, 6.07) is 9.70. The molecule has 0 N–H and O–H groups in total. The summed E-state index contributed by atoms with van der Waals surface area (Å²) < 4.78 is 25.9. The van der Waals surface area contributed by atoms with Crippen LogP contribution in [0.15, 0.2) is 30.3 Å². The van der Waals surface area contributed by atoms with E-state index >= 15 is 0 Å². The van der Waals surface area contributed by atoms with Crippen molar-refractivity contribution < 1.29 is 8.42 Å². The van der Waals surface area contributed by atoms with Crippen LogP contribution in [0.5, 0.6) is 0 Å². The molecule has 0 radical (unpaired) electrons. The van der Waals surface area contributed by atoms with Gasteiger partial charge in [0.25, 0.3) is 0 Å². The van der Waals surface area contributed by atoms with Gasteiger partial charge >= 0.3 is 0 Å². The first-order chi connectivity index (χ1) is 8.58. The molecular formula is C13H18ClNO2S. The van der Waals surface area contributed by atoms with Gasteiger partial charge in [-0.1, -0.05) is 30.3 Å². The van der Waals surface area contributed by atoms with Crippen LogP contribution in [-0.2, 0) is 16.4 Å². The van der Waals surface area contributed by atoms with Crippen molar-refractivity contribution in [1.82, 2.24) is 4.31 Å². The maximum atomic E-state index is 12.2. The number of hydrogen-bond acceptors (Lipinski definition) is 2. The molecule has 5 heteroatoms. The second-order valence-electron chi connectivity index (χ2n) is 4.65. The molecule has 1 atom stereocenters. The molecule has 0 aromatic heterocycles. The van der Waals surface area contributed by atoms with Gasteiger partial charge in [0.15, 0.2) is 0 Å². The molecule has 0 amide bonds. The molecule has 0 bridgehead atoms. The lowest BCUT2D eigenvalue weighted by Crippen LogP contribution is -2.41. The highest BCUT2D eigenvalue weighted by molar-refractivity contribution is 7.89. The number of hydrogen-bond donors (Lipinski definition) is 0. The molecule has 2 rings (SSSR count). The summed E-state index contributed by atoms with van der Waals surface area (Å²) in [7, 11) is -3.17. The van der Waals surface area contributed by atoms with Crippen molar-refractivity contribution in [3.8, 4) is 0 Å². The number of alkyl halides is 1. The highest BCUT2D eigenvalue weighted by Gasteiger charge is 2.27. The van der Waals surface area contributed by atoms with Crippen LogP contribution in [0.25, 0.3) is 0 Å². The van der Waals surface area contributed by atoms with Gasteiger partial charge < -0.3 is 0 Å². The summed E-state index contributed by atoms with van der Waals surface area (Å²) in [6.07, 6.45) is 2.33. The van der Waals surface area contributed by atoms with E-state index in [0.717, 1.165) is 18.4 Å². The average Bonchev–Trinajstić information content (AvgIpc) is 2.38. The first kappa shape index (κ1) is 13.8. The van der Waals surface area contributed by atoms with Gasteiger partial charge in [-0.05, 0) is 24.8 Å². The molecule has 3 nitrogen and oxygen atoms in total. The Kier molecular flexibility index (Phi) is 4.65. The topological polar surface area (TPSA) is 37.4 Å². The highest BCUT2D eigenvalue weighted by atomic mass is 35.5. The van der Waals surface area contributed by atoms with Crippen LogP contribution >= 0.6 is 11.6 Å². The fraction of sp³-hybridized carbons (Fsp3) is 0.538. The number of nitrogens with zero attached hydrogens (tertiary/aromatic N) is 1. The van der Waals surface area contributed by atoms with Crippen molar-refractivity contribution >= 4 is 21.6 Å². The standard InChI is InChI=1S/C13H18ClNO2S/c14-13-7-4-9-15(11-13)18(16,17)10-8-12-5-2-1-3-6-12/h1-3,5-6,13H,4,7-11H2.